The molecule has 10 unspecified atom stereocenters. The minimum Gasteiger partial charge on any atom is -0.493 e. The number of aliphatic hydroxyl groups is 7. The normalized spacial score (nSPS) is 17.5. The molecule has 9 rings (SSSR count). The quantitative estimate of drug-likeness (QED) is 0.00982. The fourth-order valence-corrected chi connectivity index (χ4v) is 15.1. The second kappa shape index (κ2) is 45.6. The molecule has 0 saturated carbocycles. The van der Waals surface area contributed by atoms with Crippen molar-refractivity contribution in [3.63, 3.8) is 0 Å². The Morgan fingerprint density at radius 2 is 1.07 bits per heavy atom. The number of aliphatic hydroxyl groups excluding tert-OH is 6. The number of hydrogen-bond acceptors (Lipinski definition) is 25. The molecule has 30 nitrogen and oxygen atoms in total. The summed E-state index contributed by atoms with van der Waals surface area (Å²) in [7, 11) is 2.07. The zero-order valence-electron chi connectivity index (χ0n) is 65.9. The van der Waals surface area contributed by atoms with Gasteiger partial charge in [-0.15, -0.1) is 0 Å². The highest BCUT2D eigenvalue weighted by molar-refractivity contribution is 7.99. The number of amides is 7. The van der Waals surface area contributed by atoms with E-state index in [2.05, 4.69) is 37.2 Å². The van der Waals surface area contributed by atoms with E-state index in [9.17, 15) is 78.9 Å². The van der Waals surface area contributed by atoms with Crippen LogP contribution in [0.25, 0.3) is 33.4 Å². The van der Waals surface area contributed by atoms with Crippen LogP contribution in [0.3, 0.4) is 0 Å². The number of nitrogens with one attached hydrogen (secondary N) is 7. The van der Waals surface area contributed by atoms with E-state index in [1.54, 1.807) is 48.5 Å². The first-order valence-electron chi connectivity index (χ1n) is 38.7. The number of fused-ring (bicyclic) bond motifs is 3. The van der Waals surface area contributed by atoms with Crippen LogP contribution < -0.4 is 42.0 Å². The first-order chi connectivity index (χ1) is 56.8. The summed E-state index contributed by atoms with van der Waals surface area (Å²) in [6.07, 6.45) is -13.5. The number of ether oxygens (including phenoxy) is 7. The molecule has 11 atom stereocenters. The Balaban J connectivity index is 0.734. The number of carbonyl (C=O) groups excluding carboxylic acids is 9. The molecular formula is C86H103N7O23S2. The Morgan fingerprint density at radius 1 is 0.542 bits per heavy atom. The lowest BCUT2D eigenvalue weighted by Gasteiger charge is -2.47. The third-order valence-corrected chi connectivity index (χ3v) is 21.8. The molecule has 1 saturated heterocycles. The van der Waals surface area contributed by atoms with Crippen molar-refractivity contribution in [2.24, 2.45) is 0 Å². The average Bonchev–Trinajstić information content (AvgIpc) is 1.10. The number of hydrogen-bond donors (Lipinski definition) is 14. The van der Waals surface area contributed by atoms with E-state index in [-0.39, 0.29) is 87.3 Å². The van der Waals surface area contributed by atoms with Crippen LogP contribution in [0.4, 0.5) is 4.79 Å². The van der Waals surface area contributed by atoms with E-state index in [1.807, 2.05) is 109 Å². The lowest BCUT2D eigenvalue weighted by Crippen LogP contribution is -2.68. The smallest absolute Gasteiger partial charge is 0.407 e. The summed E-state index contributed by atoms with van der Waals surface area (Å²) in [6, 6.07) is 50.2. The molecule has 14 N–H and O–H groups in total. The molecule has 32 heteroatoms. The summed E-state index contributed by atoms with van der Waals surface area (Å²) in [4.78, 5) is 118. The lowest BCUT2D eigenvalue weighted by molar-refractivity contribution is -0.311. The third-order valence-electron chi connectivity index (χ3n) is 19.7. The third kappa shape index (κ3) is 26.1. The van der Waals surface area contributed by atoms with Crippen LogP contribution >= 0.6 is 23.5 Å². The number of alkyl carbamates (subject to hydrolysis) is 1. The fourth-order valence-electron chi connectivity index (χ4n) is 13.6. The van der Waals surface area contributed by atoms with E-state index in [4.69, 9.17) is 33.2 Å². The summed E-state index contributed by atoms with van der Waals surface area (Å²) in [5.41, 5.74) is 8.76. The standard InChI is InChI=1S/C86H103N7O23S2/c1-53(94)92-68(47-69(96)72(99)50-90-78(102)59-30-26-57(27-31-59)55-18-7-5-8-19-55)70(97)48-85(109,82(106)110-3)114-40-16-42-117-45-38-88-81(105)66-35-34-61(46-74(66)112-39-15-36-89-84(108)113-52-67-64-24-13-11-22-62(64)63-23-12-14-25-65(63)67)80(104)87-37-44-118-43-17-41-115-86(83(107)111-4)49-71(98)75(93-54(2)95)77(116-86)76(101)73(100)51-91-79(103)60-32-28-58(29-33-60)56-20-9-6-10-21-56/h5-14,18-35,46,67-73,75-77,96-101,109H,15-17,36-45,47-52H2,1-4H3,(H,87,104)(H,88,105)(H,89,108)(H,90,102)(H,91,103)(H,92,94)(H,93,95)/t68?,69?,70?,71?,72?,73?,75?,76-,77?,85?,86?/m1/s1. The van der Waals surface area contributed by atoms with Crippen LogP contribution in [0.5, 0.6) is 5.75 Å². The number of thioether (sulfide) groups is 2. The van der Waals surface area contributed by atoms with Crippen molar-refractivity contribution in [2.75, 3.05) is 96.4 Å². The van der Waals surface area contributed by atoms with Crippen LogP contribution in [-0.2, 0) is 47.6 Å². The van der Waals surface area contributed by atoms with Crippen LogP contribution in [0.15, 0.2) is 176 Å². The summed E-state index contributed by atoms with van der Waals surface area (Å²) in [5.74, 6) is -9.23. The SMILES string of the molecule is COC(=O)C(O)(CC(O)C(CC(O)C(O)CNC(=O)c1ccc(-c2ccccc2)cc1)NC(C)=O)OCCCSCCNC(=O)c1ccc(C(=O)NCCSCCCOC2(C(=O)OC)CC(O)C(NC(C)=O)C([C@H](O)C(O)CNC(=O)c3ccc(-c4ccccc4)cc3)O2)cc1OCCCNC(=O)OCC1c2ccccc2-c2ccccc21. The van der Waals surface area contributed by atoms with E-state index in [0.29, 0.717) is 35.0 Å². The van der Waals surface area contributed by atoms with Crippen LogP contribution in [-0.4, -0.2) is 252 Å². The second-order valence-corrected chi connectivity index (χ2v) is 30.7. The van der Waals surface area contributed by atoms with Gasteiger partial charge in [0, 0.05) is 93.5 Å². The van der Waals surface area contributed by atoms with E-state index in [1.165, 1.54) is 48.6 Å². The average molecular weight is 1670 g/mol. The van der Waals surface area contributed by atoms with Crippen molar-refractivity contribution in [1.82, 2.24) is 37.2 Å². The van der Waals surface area contributed by atoms with Gasteiger partial charge >= 0.3 is 18.0 Å². The fraction of sp³-hybridized carbons (Fsp3) is 0.407. The van der Waals surface area contributed by atoms with Gasteiger partial charge in [0.05, 0.1) is 82.2 Å². The van der Waals surface area contributed by atoms with Gasteiger partial charge in [0.15, 0.2) is 0 Å². The maximum Gasteiger partial charge on any atom is 0.407 e. The second-order valence-electron chi connectivity index (χ2n) is 28.2. The predicted molar refractivity (Wildman–Crippen MR) is 440 cm³/mol. The summed E-state index contributed by atoms with van der Waals surface area (Å²) >= 11 is 2.81. The maximum absolute atomic E-state index is 13.9. The van der Waals surface area contributed by atoms with Gasteiger partial charge in [0.1, 0.15) is 24.6 Å². The number of rotatable bonds is 45. The van der Waals surface area contributed by atoms with Crippen molar-refractivity contribution in [3.05, 3.63) is 209 Å². The molecule has 0 radical (unpaired) electrons. The van der Waals surface area contributed by atoms with Gasteiger partial charge in [0.2, 0.25) is 11.8 Å². The molecule has 2 aliphatic rings. The molecule has 118 heavy (non-hydrogen) atoms. The molecule has 0 bridgehead atoms. The highest BCUT2D eigenvalue weighted by atomic mass is 32.2. The van der Waals surface area contributed by atoms with Crippen LogP contribution in [0, 0.1) is 0 Å². The topological polar surface area (TPSA) is 444 Å². The van der Waals surface area contributed by atoms with E-state index in [0.717, 1.165) is 65.7 Å². The van der Waals surface area contributed by atoms with Gasteiger partial charge in [-0.2, -0.15) is 23.5 Å². The minimum atomic E-state index is -2.73. The Morgan fingerprint density at radius 3 is 1.63 bits per heavy atom. The minimum absolute atomic E-state index is 0.000175. The van der Waals surface area contributed by atoms with Gasteiger partial charge in [-0.3, -0.25) is 28.8 Å². The number of methoxy groups -OCH3 is 2. The zero-order chi connectivity index (χ0) is 84.7. The lowest BCUT2D eigenvalue weighted by atomic mass is 9.88. The Hall–Kier alpha value is -10.3. The van der Waals surface area contributed by atoms with Crippen LogP contribution in [0.1, 0.15) is 111 Å². The maximum atomic E-state index is 13.9. The van der Waals surface area contributed by atoms with Gasteiger partial charge in [0.25, 0.3) is 35.2 Å². The van der Waals surface area contributed by atoms with Crippen molar-refractivity contribution >= 4 is 77.0 Å². The summed E-state index contributed by atoms with van der Waals surface area (Å²) in [5, 5.41) is 97.5. The predicted octanol–water partition coefficient (Wildman–Crippen LogP) is 5.40. The molecule has 1 fully saturated rings. The Labute approximate surface area is 692 Å². The molecule has 0 aromatic heterocycles. The molecule has 7 aromatic carbocycles. The monoisotopic (exact) mass is 1670 g/mol. The first kappa shape index (κ1) is 91.6. The largest absolute Gasteiger partial charge is 0.493 e. The van der Waals surface area contributed by atoms with Crippen molar-refractivity contribution in [2.45, 2.75) is 125 Å². The van der Waals surface area contributed by atoms with E-state index < -0.39 is 152 Å². The first-order valence-corrected chi connectivity index (χ1v) is 41.1. The van der Waals surface area contributed by atoms with Crippen molar-refractivity contribution in [1.29, 1.82) is 0 Å². The molecule has 1 aliphatic heterocycles. The Bertz CT molecular complexity index is 4440. The molecule has 7 amide bonds. The molecule has 632 valence electrons. The van der Waals surface area contributed by atoms with Crippen molar-refractivity contribution in [3.8, 4) is 39.1 Å². The van der Waals surface area contributed by atoms with Gasteiger partial charge < -0.3 is 106 Å². The van der Waals surface area contributed by atoms with Gasteiger partial charge in [-0.1, -0.05) is 133 Å². The number of carbonyl (C=O) groups is 9. The molecule has 1 heterocycles. The number of esters is 2. The van der Waals surface area contributed by atoms with Crippen LogP contribution in [0.2, 0.25) is 0 Å². The molecule has 0 spiro atoms. The van der Waals surface area contributed by atoms with E-state index >= 15 is 0 Å². The molecule has 1 aliphatic carbocycles. The summed E-state index contributed by atoms with van der Waals surface area (Å²) in [6.45, 7) is 1.61. The molecule has 7 aromatic rings. The summed E-state index contributed by atoms with van der Waals surface area (Å²) < 4.78 is 39.5. The number of benzene rings is 7. The zero-order valence-corrected chi connectivity index (χ0v) is 67.6. The van der Waals surface area contributed by atoms with Gasteiger partial charge in [-0.25, -0.2) is 14.4 Å². The highest BCUT2D eigenvalue weighted by Crippen LogP contribution is 2.45. The van der Waals surface area contributed by atoms with Crippen molar-refractivity contribution < 1.29 is 112 Å². The molecular weight excluding hydrogens is 1560 g/mol. The highest BCUT2D eigenvalue weighted by Gasteiger charge is 2.56. The van der Waals surface area contributed by atoms with Gasteiger partial charge in [-0.05, 0) is 124 Å². The Kier molecular flexibility index (Phi) is 35.4.